The van der Waals surface area contributed by atoms with E-state index in [2.05, 4.69) is 19.2 Å². The van der Waals surface area contributed by atoms with Gasteiger partial charge in [0.25, 0.3) is 5.91 Å². The molecule has 0 aliphatic carbocycles. The van der Waals surface area contributed by atoms with Gasteiger partial charge in [0.2, 0.25) is 0 Å². The summed E-state index contributed by atoms with van der Waals surface area (Å²) in [7, 11) is 1.38. The third kappa shape index (κ3) is 5.56. The van der Waals surface area contributed by atoms with Crippen LogP contribution in [-0.4, -0.2) is 42.8 Å². The van der Waals surface area contributed by atoms with Gasteiger partial charge in [-0.2, -0.15) is 0 Å². The molecule has 0 aromatic heterocycles. The molecule has 1 rings (SSSR count). The van der Waals surface area contributed by atoms with Gasteiger partial charge in [-0.05, 0) is 37.0 Å². The molecule has 0 aliphatic heterocycles. The van der Waals surface area contributed by atoms with E-state index in [9.17, 15) is 9.59 Å². The van der Waals surface area contributed by atoms with Crippen LogP contribution in [0, 0.1) is 6.92 Å². The predicted octanol–water partition coefficient (Wildman–Crippen LogP) is 2.10. The summed E-state index contributed by atoms with van der Waals surface area (Å²) in [6.07, 6.45) is -0.810. The Bertz CT molecular complexity index is 556. The fraction of sp³-hybridized carbons (Fsp3) is 0.529. The fourth-order valence-electron chi connectivity index (χ4n) is 1.98. The van der Waals surface area contributed by atoms with Crippen LogP contribution in [0.15, 0.2) is 18.2 Å². The summed E-state index contributed by atoms with van der Waals surface area (Å²) in [5.41, 5.74) is 2.03. The van der Waals surface area contributed by atoms with Crippen molar-refractivity contribution in [2.75, 3.05) is 13.7 Å². The molecule has 2 N–H and O–H groups in total. The average Bonchev–Trinajstić information content (AvgIpc) is 2.48. The number of benzene rings is 1. The number of hydrogen-bond acceptors (Lipinski definition) is 4. The van der Waals surface area contributed by atoms with E-state index >= 15 is 0 Å². The van der Waals surface area contributed by atoms with E-state index < -0.39 is 24.0 Å². The van der Waals surface area contributed by atoms with Crippen molar-refractivity contribution in [2.24, 2.45) is 0 Å². The van der Waals surface area contributed by atoms with E-state index in [1.54, 1.807) is 6.92 Å². The summed E-state index contributed by atoms with van der Waals surface area (Å²) >= 11 is 0. The van der Waals surface area contributed by atoms with Gasteiger partial charge in [0.1, 0.15) is 5.75 Å². The normalized spacial score (nSPS) is 13.5. The van der Waals surface area contributed by atoms with E-state index in [1.165, 1.54) is 7.11 Å². The van der Waals surface area contributed by atoms with Gasteiger partial charge in [-0.15, -0.1) is 0 Å². The minimum absolute atomic E-state index is 0.102. The smallest absolute Gasteiger partial charge is 0.328 e. The summed E-state index contributed by atoms with van der Waals surface area (Å²) < 4.78 is 10.5. The van der Waals surface area contributed by atoms with E-state index in [4.69, 9.17) is 14.6 Å². The third-order valence-electron chi connectivity index (χ3n) is 3.50. The largest absolute Gasteiger partial charge is 0.481 e. The Balaban J connectivity index is 2.78. The molecule has 0 bridgehead atoms. The van der Waals surface area contributed by atoms with Crippen molar-refractivity contribution in [3.63, 3.8) is 0 Å². The van der Waals surface area contributed by atoms with Crippen LogP contribution in [0.2, 0.25) is 0 Å². The summed E-state index contributed by atoms with van der Waals surface area (Å²) in [6.45, 7) is 7.53. The first-order chi connectivity index (χ1) is 10.8. The van der Waals surface area contributed by atoms with Crippen LogP contribution in [0.1, 0.15) is 37.8 Å². The minimum Gasteiger partial charge on any atom is -0.481 e. The third-order valence-corrected chi connectivity index (χ3v) is 3.50. The van der Waals surface area contributed by atoms with Gasteiger partial charge in [-0.1, -0.05) is 26.0 Å². The Hall–Kier alpha value is -2.08. The summed E-state index contributed by atoms with van der Waals surface area (Å²) in [5, 5.41) is 11.4. The standard InChI is InChI=1S/C17H25NO5/c1-10(2)13-7-6-11(3)15(8-13)23-12(4)16(19)18-14(9-22-5)17(20)21/h6-8,10,12,14H,9H2,1-5H3,(H,18,19)(H,20,21). The van der Waals surface area contributed by atoms with Crippen LogP contribution >= 0.6 is 0 Å². The van der Waals surface area contributed by atoms with Gasteiger partial charge in [-0.3, -0.25) is 4.79 Å². The van der Waals surface area contributed by atoms with Crippen molar-refractivity contribution in [1.82, 2.24) is 5.32 Å². The quantitative estimate of drug-likeness (QED) is 0.765. The zero-order valence-electron chi connectivity index (χ0n) is 14.3. The van der Waals surface area contributed by atoms with Gasteiger partial charge < -0.3 is 19.9 Å². The number of carbonyl (C=O) groups excluding carboxylic acids is 1. The van der Waals surface area contributed by atoms with Crippen molar-refractivity contribution in [3.8, 4) is 5.75 Å². The number of carboxylic acids is 1. The van der Waals surface area contributed by atoms with Gasteiger partial charge in [0.05, 0.1) is 6.61 Å². The molecule has 6 nitrogen and oxygen atoms in total. The molecule has 0 aliphatic rings. The summed E-state index contributed by atoms with van der Waals surface area (Å²) in [5.74, 6) is -0.674. The van der Waals surface area contributed by atoms with Crippen LogP contribution in [0.4, 0.5) is 0 Å². The lowest BCUT2D eigenvalue weighted by molar-refractivity contribution is -0.144. The van der Waals surface area contributed by atoms with Crippen molar-refractivity contribution in [2.45, 2.75) is 45.8 Å². The maximum atomic E-state index is 12.1. The number of nitrogens with one attached hydrogen (secondary N) is 1. The number of aryl methyl sites for hydroxylation is 1. The highest BCUT2D eigenvalue weighted by Gasteiger charge is 2.24. The Labute approximate surface area is 136 Å². The average molecular weight is 323 g/mol. The van der Waals surface area contributed by atoms with Crippen molar-refractivity contribution in [3.05, 3.63) is 29.3 Å². The molecule has 0 saturated carbocycles. The second kappa shape index (κ2) is 8.53. The molecular formula is C17H25NO5. The van der Waals surface area contributed by atoms with E-state index in [0.29, 0.717) is 11.7 Å². The SMILES string of the molecule is COCC(NC(=O)C(C)Oc1cc(C(C)C)ccc1C)C(=O)O. The van der Waals surface area contributed by atoms with Gasteiger partial charge >= 0.3 is 5.97 Å². The Morgan fingerprint density at radius 3 is 2.43 bits per heavy atom. The monoisotopic (exact) mass is 323 g/mol. The van der Waals surface area contributed by atoms with Crippen LogP contribution in [0.25, 0.3) is 0 Å². The number of rotatable bonds is 8. The first-order valence-electron chi connectivity index (χ1n) is 7.55. The van der Waals surface area contributed by atoms with E-state index in [1.807, 2.05) is 25.1 Å². The van der Waals surface area contributed by atoms with Crippen LogP contribution < -0.4 is 10.1 Å². The first-order valence-corrected chi connectivity index (χ1v) is 7.55. The van der Waals surface area contributed by atoms with Gasteiger partial charge in [0.15, 0.2) is 12.1 Å². The molecule has 23 heavy (non-hydrogen) atoms. The molecule has 2 unspecified atom stereocenters. The molecule has 0 spiro atoms. The molecule has 6 heteroatoms. The molecule has 1 aromatic carbocycles. The van der Waals surface area contributed by atoms with Crippen LogP contribution in [-0.2, 0) is 14.3 Å². The van der Waals surface area contributed by atoms with E-state index in [0.717, 1.165) is 11.1 Å². The van der Waals surface area contributed by atoms with Crippen molar-refractivity contribution in [1.29, 1.82) is 0 Å². The predicted molar refractivity (Wildman–Crippen MR) is 86.8 cm³/mol. The highest BCUT2D eigenvalue weighted by atomic mass is 16.5. The molecular weight excluding hydrogens is 298 g/mol. The number of hydrogen-bond donors (Lipinski definition) is 2. The molecule has 128 valence electrons. The number of amides is 1. The fourth-order valence-corrected chi connectivity index (χ4v) is 1.98. The van der Waals surface area contributed by atoms with Gasteiger partial charge in [0, 0.05) is 7.11 Å². The van der Waals surface area contributed by atoms with Gasteiger partial charge in [-0.25, -0.2) is 4.79 Å². The molecule has 1 aromatic rings. The summed E-state index contributed by atoms with van der Waals surface area (Å²) in [6, 6.07) is 4.78. The molecule has 0 radical (unpaired) electrons. The highest BCUT2D eigenvalue weighted by Crippen LogP contribution is 2.25. The van der Waals surface area contributed by atoms with Crippen molar-refractivity contribution >= 4 is 11.9 Å². The molecule has 0 saturated heterocycles. The second-order valence-corrected chi connectivity index (χ2v) is 5.79. The topological polar surface area (TPSA) is 84.9 Å². The number of aliphatic carboxylic acids is 1. The zero-order valence-corrected chi connectivity index (χ0v) is 14.3. The lowest BCUT2D eigenvalue weighted by Crippen LogP contribution is -2.48. The Morgan fingerprint density at radius 2 is 1.91 bits per heavy atom. The molecule has 2 atom stereocenters. The highest BCUT2D eigenvalue weighted by molar-refractivity contribution is 5.86. The number of carbonyl (C=O) groups is 2. The first kappa shape index (κ1) is 19.0. The minimum atomic E-state index is -1.15. The molecule has 1 amide bonds. The zero-order chi connectivity index (χ0) is 17.6. The lowest BCUT2D eigenvalue weighted by Gasteiger charge is -2.20. The lowest BCUT2D eigenvalue weighted by atomic mass is 10.0. The number of carboxylic acid groups (broad SMARTS) is 1. The molecule has 0 fully saturated rings. The number of methoxy groups -OCH3 is 1. The number of ether oxygens (including phenoxy) is 2. The Morgan fingerprint density at radius 1 is 1.26 bits per heavy atom. The van der Waals surface area contributed by atoms with Crippen LogP contribution in [0.5, 0.6) is 5.75 Å². The summed E-state index contributed by atoms with van der Waals surface area (Å²) in [4.78, 5) is 23.2. The van der Waals surface area contributed by atoms with Crippen molar-refractivity contribution < 1.29 is 24.2 Å². The molecule has 0 heterocycles. The Kier molecular flexibility index (Phi) is 7.03. The maximum absolute atomic E-state index is 12.1. The van der Waals surface area contributed by atoms with E-state index in [-0.39, 0.29) is 6.61 Å². The van der Waals surface area contributed by atoms with Crippen LogP contribution in [0.3, 0.4) is 0 Å². The maximum Gasteiger partial charge on any atom is 0.328 e. The second-order valence-electron chi connectivity index (χ2n) is 5.79.